The smallest absolute Gasteiger partial charge is 0.417 e. The highest BCUT2D eigenvalue weighted by Crippen LogP contribution is 2.37. The molecule has 3 atom stereocenters. The minimum absolute atomic E-state index is 0. The minimum atomic E-state index is -2.71. The van der Waals surface area contributed by atoms with Crippen LogP contribution in [0.2, 0.25) is 10.0 Å². The molecule has 0 spiro atoms. The fourth-order valence-corrected chi connectivity index (χ4v) is 11.6. The number of benzene rings is 3. The van der Waals surface area contributed by atoms with Crippen LogP contribution in [0.1, 0.15) is 98.7 Å². The number of amides is 5. The third-order valence-electron chi connectivity index (χ3n) is 15.5. The molecule has 526 valence electrons. The van der Waals surface area contributed by atoms with Gasteiger partial charge in [0.25, 0.3) is 17.8 Å². The number of rotatable bonds is 5. The number of nitrogens with zero attached hydrogens (tertiary/aromatic N) is 11. The van der Waals surface area contributed by atoms with Crippen molar-refractivity contribution < 1.29 is 68.5 Å². The zero-order valence-corrected chi connectivity index (χ0v) is 58.8. The number of para-hydroxylation sites is 1. The summed E-state index contributed by atoms with van der Waals surface area (Å²) in [6, 6.07) is 15.9. The summed E-state index contributed by atoms with van der Waals surface area (Å²) < 4.78 is 127. The Balaban J connectivity index is 0.000000176. The lowest BCUT2D eigenvalue weighted by Gasteiger charge is -2.36. The maximum atomic E-state index is 13.6. The molecule has 0 unspecified atom stereocenters. The number of halogens is 12. The van der Waals surface area contributed by atoms with Gasteiger partial charge in [-0.25, -0.2) is 54.3 Å². The predicted octanol–water partition coefficient (Wildman–Crippen LogP) is 14.6. The van der Waals surface area contributed by atoms with Crippen molar-refractivity contribution in [3.63, 3.8) is 0 Å². The standard InChI is InChI=1S/C18H19ClF3N5O.C16H24F2N4O2.C13H9ClFNO2.C12H18IN3O2.C4H7F2N.ClH/c1-11-8-27-16(15(7-23-27)25-5-4-18(21,22)10-25)9-26(11)17(28)24-12-2-3-14(20)13(19)6-12;1-11-8-22-13(9-21(11)14(23)24-15(2,3)4)12(7-19-22)20-6-5-16(17,18)10-20;14-11-8-9(6-7-12(11)15)16-13(17)18-10-4-2-1-3-5-10;1-8-6-16-10(9(13)5-14-16)7-15(8)11(17)18-12(2,3)4;5-4(6)1-2-7-3-4;/h2-3,6-7,11H,4-5,8-10H2,1H3,(H,24,28);7,11H,5-6,8-10H2,1-4H3;1-8H,(H,16,17);5,8H,6-7H2,1-4H3;7H,1-3H2;1H/t2*11-;;8-;;/m00.0../s1. The second-order valence-electron chi connectivity index (χ2n) is 25.7. The van der Waals surface area contributed by atoms with E-state index in [9.17, 15) is 54.3 Å². The van der Waals surface area contributed by atoms with Gasteiger partial charge in [0.1, 0.15) is 28.6 Å². The monoisotopic (exact) mass is 1530 g/mol. The molecule has 6 aliphatic heterocycles. The average Bonchev–Trinajstić information content (AvgIpc) is 1.62. The average molecular weight is 1530 g/mol. The summed E-state index contributed by atoms with van der Waals surface area (Å²) in [6.45, 7) is 20.0. The fraction of sp³-hybridized carbons (Fsp3) is 0.508. The van der Waals surface area contributed by atoms with E-state index in [1.54, 1.807) is 70.5 Å². The van der Waals surface area contributed by atoms with Gasteiger partial charge in [0.2, 0.25) is 0 Å². The van der Waals surface area contributed by atoms with Crippen LogP contribution in [0.25, 0.3) is 0 Å². The normalized spacial score (nSPS) is 19.5. The highest BCUT2D eigenvalue weighted by Gasteiger charge is 2.43. The summed E-state index contributed by atoms with van der Waals surface area (Å²) in [4.78, 5) is 57.1. The first-order valence-corrected chi connectivity index (χ1v) is 32.4. The van der Waals surface area contributed by atoms with Crippen LogP contribution >= 0.6 is 58.2 Å². The largest absolute Gasteiger partial charge is 0.444 e. The van der Waals surface area contributed by atoms with E-state index in [0.29, 0.717) is 67.8 Å². The minimum Gasteiger partial charge on any atom is -0.444 e. The lowest BCUT2D eigenvalue weighted by atomic mass is 10.2. The predicted molar refractivity (Wildman–Crippen MR) is 358 cm³/mol. The van der Waals surface area contributed by atoms with Gasteiger partial charge in [0.05, 0.1) is 138 Å². The second-order valence-corrected chi connectivity index (χ2v) is 27.7. The molecule has 0 radical (unpaired) electrons. The Hall–Kier alpha value is -7.03. The fourth-order valence-electron chi connectivity index (χ4n) is 10.7. The Kier molecular flexibility index (Phi) is 25.2. The zero-order chi connectivity index (χ0) is 69.5. The summed E-state index contributed by atoms with van der Waals surface area (Å²) in [5.41, 5.74) is 3.62. The third kappa shape index (κ3) is 21.0. The molecule has 0 saturated carbocycles. The van der Waals surface area contributed by atoms with E-state index in [1.807, 2.05) is 79.3 Å². The number of alkyl halides is 6. The molecule has 3 saturated heterocycles. The van der Waals surface area contributed by atoms with Crippen LogP contribution in [0, 0.1) is 15.2 Å². The quantitative estimate of drug-likeness (QED) is 0.109. The first-order chi connectivity index (χ1) is 44.4. The number of fused-ring (bicyclic) bond motifs is 3. The van der Waals surface area contributed by atoms with Crippen LogP contribution < -0.4 is 30.5 Å². The van der Waals surface area contributed by atoms with E-state index in [4.69, 9.17) is 37.4 Å². The summed E-state index contributed by atoms with van der Waals surface area (Å²) in [5, 5.41) is 20.5. The number of urea groups is 1. The summed E-state index contributed by atoms with van der Waals surface area (Å²) in [6.07, 6.45) is 3.41. The molecule has 12 rings (SSSR count). The first-order valence-electron chi connectivity index (χ1n) is 30.6. The Bertz CT molecular complexity index is 3660. The number of hydrogen-bond donors (Lipinski definition) is 3. The molecule has 21 nitrogen and oxygen atoms in total. The van der Waals surface area contributed by atoms with Gasteiger partial charge in [-0.15, -0.1) is 12.4 Å². The van der Waals surface area contributed by atoms with Gasteiger partial charge in [0, 0.05) is 50.3 Å². The van der Waals surface area contributed by atoms with Crippen molar-refractivity contribution in [1.29, 1.82) is 0 Å². The molecule has 0 aliphatic carbocycles. The van der Waals surface area contributed by atoms with E-state index in [2.05, 4.69) is 53.8 Å². The topological polar surface area (TPSA) is 202 Å². The number of carbonyl (C=O) groups excluding carboxylic acids is 4. The highest BCUT2D eigenvalue weighted by atomic mass is 127. The maximum Gasteiger partial charge on any atom is 0.417 e. The molecular formula is C63H78Cl3F8IN14O7. The van der Waals surface area contributed by atoms with Crippen molar-refractivity contribution in [2.24, 2.45) is 0 Å². The molecule has 0 bridgehead atoms. The molecule has 6 aromatic rings. The van der Waals surface area contributed by atoms with Crippen LogP contribution in [-0.2, 0) is 48.7 Å². The molecule has 3 fully saturated rings. The van der Waals surface area contributed by atoms with Gasteiger partial charge in [0.15, 0.2) is 0 Å². The van der Waals surface area contributed by atoms with Crippen molar-refractivity contribution >= 4 is 105 Å². The highest BCUT2D eigenvalue weighted by molar-refractivity contribution is 14.1. The molecule has 5 amide bonds. The molecule has 3 aromatic heterocycles. The van der Waals surface area contributed by atoms with Crippen molar-refractivity contribution in [1.82, 2.24) is 49.4 Å². The summed E-state index contributed by atoms with van der Waals surface area (Å²) in [5.74, 6) is -8.49. The van der Waals surface area contributed by atoms with Crippen molar-refractivity contribution in [2.45, 2.75) is 168 Å². The van der Waals surface area contributed by atoms with Crippen molar-refractivity contribution in [3.05, 3.63) is 128 Å². The van der Waals surface area contributed by atoms with Crippen LogP contribution in [0.15, 0.2) is 85.3 Å². The third-order valence-corrected chi connectivity index (χ3v) is 17.0. The van der Waals surface area contributed by atoms with Gasteiger partial charge in [-0.3, -0.25) is 29.2 Å². The SMILES string of the molecule is C[C@H]1Cn2ncc(I)c2CN1C(=O)OC(C)(C)C.C[C@H]1Cn2ncc(N3CCC(F)(F)C3)c2CN1C(=O)Nc1ccc(F)c(Cl)c1.C[C@H]1Cn2ncc(N3CCC(F)(F)C3)c2CN1C(=O)OC(C)(C)C.Cl.FC1(F)CCNC1.O=C(Nc1ccc(F)c(Cl)c1)Oc1ccccc1. The zero-order valence-electron chi connectivity index (χ0n) is 54.3. The molecule has 6 aliphatic rings. The molecule has 33 heteroatoms. The Labute approximate surface area is 580 Å². The number of nitrogens with one attached hydrogen (secondary N) is 3. The number of hydrogen-bond acceptors (Lipinski definition) is 13. The molecule has 3 N–H and O–H groups in total. The number of carbonyl (C=O) groups is 4. The van der Waals surface area contributed by atoms with Crippen LogP contribution in [-0.4, -0.2) is 155 Å². The van der Waals surface area contributed by atoms with Gasteiger partial charge in [-0.1, -0.05) is 41.4 Å². The number of aromatic nitrogens is 6. The van der Waals surface area contributed by atoms with Crippen LogP contribution in [0.4, 0.5) is 77.1 Å². The van der Waals surface area contributed by atoms with Gasteiger partial charge in [-0.2, -0.15) is 15.3 Å². The maximum absolute atomic E-state index is 13.6. The van der Waals surface area contributed by atoms with Crippen LogP contribution in [0.5, 0.6) is 5.75 Å². The first kappa shape index (κ1) is 76.3. The van der Waals surface area contributed by atoms with E-state index in [0.717, 1.165) is 27.2 Å². The number of ether oxygens (including phenoxy) is 3. The number of anilines is 4. The molecule has 96 heavy (non-hydrogen) atoms. The summed E-state index contributed by atoms with van der Waals surface area (Å²) in [7, 11) is 0. The Morgan fingerprint density at radius 2 is 1.02 bits per heavy atom. The molecular weight excluding hydrogens is 1450 g/mol. The summed E-state index contributed by atoms with van der Waals surface area (Å²) >= 11 is 13.6. The van der Waals surface area contributed by atoms with E-state index in [-0.39, 0.29) is 111 Å². The van der Waals surface area contributed by atoms with E-state index >= 15 is 0 Å². The molecule has 3 aromatic carbocycles. The lowest BCUT2D eigenvalue weighted by molar-refractivity contribution is 0.00800. The second kappa shape index (κ2) is 31.7. The molecule has 9 heterocycles. The van der Waals surface area contributed by atoms with Crippen molar-refractivity contribution in [2.75, 3.05) is 59.7 Å². The van der Waals surface area contributed by atoms with Crippen molar-refractivity contribution in [3.8, 4) is 5.75 Å². The van der Waals surface area contributed by atoms with E-state index < -0.39 is 46.7 Å². The Morgan fingerprint density at radius 1 is 0.594 bits per heavy atom. The van der Waals surface area contributed by atoms with Crippen LogP contribution in [0.3, 0.4) is 0 Å². The van der Waals surface area contributed by atoms with Gasteiger partial charge >= 0.3 is 24.3 Å². The van der Waals surface area contributed by atoms with Gasteiger partial charge < -0.3 is 39.5 Å². The lowest BCUT2D eigenvalue weighted by Crippen LogP contribution is -2.47. The van der Waals surface area contributed by atoms with Gasteiger partial charge in [-0.05, 0) is 133 Å². The van der Waals surface area contributed by atoms with E-state index in [1.165, 1.54) is 36.4 Å². The Morgan fingerprint density at radius 3 is 1.43 bits per heavy atom.